The first kappa shape index (κ1) is 45.5. The van der Waals surface area contributed by atoms with Crippen molar-refractivity contribution in [3.05, 3.63) is 42.1 Å². The van der Waals surface area contributed by atoms with Crippen molar-refractivity contribution >= 4 is 34.5 Å². The lowest BCUT2D eigenvalue weighted by atomic mass is 9.72. The third kappa shape index (κ3) is 9.55. The van der Waals surface area contributed by atoms with Crippen molar-refractivity contribution in [3.8, 4) is 0 Å². The maximum atomic E-state index is 17.5. The fourth-order valence-corrected chi connectivity index (χ4v) is 9.18. The molecular weight excluding hydrogens is 751 g/mol. The summed E-state index contributed by atoms with van der Waals surface area (Å²) in [5, 5.41) is 15.3. The Morgan fingerprint density at radius 2 is 1.72 bits per heavy atom. The quantitative estimate of drug-likeness (QED) is 0.252. The number of hydrogen-bond donors (Lipinski definition) is 2. The second-order valence-corrected chi connectivity index (χ2v) is 17.5. The number of aliphatic hydroxyl groups is 1. The van der Waals surface area contributed by atoms with Gasteiger partial charge in [0.1, 0.15) is 18.1 Å². The number of hydrogen-bond acceptors (Lipinski definition) is 13. The Labute approximate surface area is 341 Å². The number of cyclic esters (lactones) is 1. The fraction of sp³-hybridized carbons (Fsp3) is 0.698. The number of likely N-dealkylation sites (N-methyl/N-ethyl adjacent to an activating group) is 2. The molecule has 3 aliphatic rings. The Bertz CT molecular complexity index is 1810. The predicted molar refractivity (Wildman–Crippen MR) is 213 cm³/mol. The van der Waals surface area contributed by atoms with Gasteiger partial charge < -0.3 is 39.0 Å². The van der Waals surface area contributed by atoms with Gasteiger partial charge in [-0.3, -0.25) is 24.3 Å². The van der Waals surface area contributed by atoms with Crippen LogP contribution in [0, 0.1) is 17.8 Å². The average molecular weight is 815 g/mol. The zero-order valence-electron chi connectivity index (χ0n) is 35.8. The van der Waals surface area contributed by atoms with E-state index in [-0.39, 0.29) is 25.2 Å². The average Bonchev–Trinajstić information content (AvgIpc) is 3.48. The number of aromatic nitrogens is 1. The lowest BCUT2D eigenvalue weighted by Crippen LogP contribution is -2.62. The molecule has 13 atom stereocenters. The highest BCUT2D eigenvalue weighted by Gasteiger charge is 2.59. The van der Waals surface area contributed by atoms with Gasteiger partial charge in [0.05, 0.1) is 36.0 Å². The molecule has 4 heterocycles. The number of aliphatic hydroxyl groups excluding tert-OH is 1. The number of para-hydroxylation sites is 1. The molecule has 0 radical (unpaired) electrons. The number of nitrogens with one attached hydrogen (secondary N) is 1. The van der Waals surface area contributed by atoms with Crippen LogP contribution in [0.15, 0.2) is 36.5 Å². The number of alkyl carbamates (subject to hydrolysis) is 1. The number of pyridine rings is 1. The molecule has 1 amide bonds. The summed E-state index contributed by atoms with van der Waals surface area (Å²) in [6.07, 6.45) is -4.19. The summed E-state index contributed by atoms with van der Waals surface area (Å²) in [6, 6.07) is 8.42. The molecule has 15 heteroatoms. The molecule has 14 nitrogen and oxygen atoms in total. The molecule has 0 aliphatic carbocycles. The largest absolute Gasteiger partial charge is 0.458 e. The van der Waals surface area contributed by atoms with Gasteiger partial charge >= 0.3 is 12.1 Å². The molecule has 0 unspecified atom stereocenters. The van der Waals surface area contributed by atoms with Crippen LogP contribution in [0.1, 0.15) is 80.2 Å². The van der Waals surface area contributed by atoms with E-state index in [1.165, 1.54) is 20.8 Å². The second-order valence-electron chi connectivity index (χ2n) is 17.5. The van der Waals surface area contributed by atoms with Crippen LogP contribution in [-0.4, -0.2) is 137 Å². The van der Waals surface area contributed by atoms with Gasteiger partial charge in [-0.15, -0.1) is 0 Å². The minimum absolute atomic E-state index is 0.0137. The molecular formula is C43H63FN4O10. The number of amides is 1. The summed E-state index contributed by atoms with van der Waals surface area (Å²) >= 11 is 0. The summed E-state index contributed by atoms with van der Waals surface area (Å²) in [4.78, 5) is 63.9. The lowest BCUT2D eigenvalue weighted by Gasteiger charge is -2.48. The standard InChI is InChI=1S/C43H63FN4O10/c1-12-32-43(8)35(46-40(53)58-43)27(5)36(51)41(6,44)23-42(7,54-18-17-48(11)22-28-20-29-15-13-14-16-30(29)45-21-28)37(25(3)33(49)26(4)38(52)56-32)57-39-34(50)31(47(9)10)19-24(2)55-39/h13-16,20-21,24-27,31-32,34-35,37,39,50H,12,17-19,22-23H2,1-11H3,(H,46,53)/t24-,25+,26-,27-,31+,32-,34-,35+,37-,39+,41+,42-,43-/m1/s1. The van der Waals surface area contributed by atoms with Crippen molar-refractivity contribution in [2.75, 3.05) is 34.3 Å². The SMILES string of the molecule is CC[C@H]1OC(=O)[C@H](C)C(=O)[C@H](C)[C@@H](O[C@@H]2O[C@H](C)C[C@H](N(C)C)[C@H]2O)[C@](C)(OCCN(C)Cc2cnc3ccccc3c2)C[C@](C)(F)C(=O)[C@H](C)[C@@H]2NC(=O)O[C@]12C. The number of nitrogens with zero attached hydrogens (tertiary/aromatic N) is 3. The number of alkyl halides is 1. The summed E-state index contributed by atoms with van der Waals surface area (Å²) in [5.41, 5.74) is -4.07. The van der Waals surface area contributed by atoms with E-state index < -0.39 is 95.3 Å². The third-order valence-electron chi connectivity index (χ3n) is 12.4. The first-order valence-corrected chi connectivity index (χ1v) is 20.4. The van der Waals surface area contributed by atoms with E-state index >= 15 is 4.39 Å². The first-order chi connectivity index (χ1) is 27.1. The first-order valence-electron chi connectivity index (χ1n) is 20.4. The van der Waals surface area contributed by atoms with Crippen LogP contribution in [0.5, 0.6) is 0 Å². The molecule has 1 aromatic carbocycles. The molecule has 0 saturated carbocycles. The van der Waals surface area contributed by atoms with Gasteiger partial charge in [-0.25, -0.2) is 9.18 Å². The summed E-state index contributed by atoms with van der Waals surface area (Å²) in [5.74, 6) is -5.97. The number of esters is 1. The minimum Gasteiger partial charge on any atom is -0.458 e. The van der Waals surface area contributed by atoms with Gasteiger partial charge in [-0.2, -0.15) is 0 Å². The van der Waals surface area contributed by atoms with Crippen LogP contribution < -0.4 is 5.32 Å². The van der Waals surface area contributed by atoms with E-state index in [9.17, 15) is 24.3 Å². The number of rotatable bonds is 10. The number of carbonyl (C=O) groups excluding carboxylic acids is 4. The van der Waals surface area contributed by atoms with Gasteiger partial charge in [0.2, 0.25) is 0 Å². The van der Waals surface area contributed by atoms with E-state index in [2.05, 4.69) is 16.4 Å². The molecule has 3 aliphatic heterocycles. The van der Waals surface area contributed by atoms with Gasteiger partial charge in [-0.1, -0.05) is 39.0 Å². The molecule has 2 aromatic rings. The molecule has 0 bridgehead atoms. The number of carbonyl (C=O) groups is 4. The molecule has 0 spiro atoms. The third-order valence-corrected chi connectivity index (χ3v) is 12.4. The zero-order chi connectivity index (χ0) is 42.9. The van der Waals surface area contributed by atoms with E-state index in [0.717, 1.165) is 23.4 Å². The minimum atomic E-state index is -2.62. The fourth-order valence-electron chi connectivity index (χ4n) is 9.18. The van der Waals surface area contributed by atoms with E-state index in [1.807, 2.05) is 68.3 Å². The summed E-state index contributed by atoms with van der Waals surface area (Å²) in [6.45, 7) is 13.2. The molecule has 2 N–H and O–H groups in total. The van der Waals surface area contributed by atoms with Gasteiger partial charge in [0, 0.05) is 49.0 Å². The molecule has 1 aromatic heterocycles. The van der Waals surface area contributed by atoms with E-state index in [1.54, 1.807) is 20.8 Å². The molecule has 58 heavy (non-hydrogen) atoms. The highest BCUT2D eigenvalue weighted by molar-refractivity contribution is 6.00. The van der Waals surface area contributed by atoms with Crippen molar-refractivity contribution in [2.24, 2.45) is 17.8 Å². The highest BCUT2D eigenvalue weighted by Crippen LogP contribution is 2.42. The van der Waals surface area contributed by atoms with Crippen molar-refractivity contribution in [1.82, 2.24) is 20.1 Å². The molecule has 3 fully saturated rings. The number of ether oxygens (including phenoxy) is 5. The Morgan fingerprint density at radius 3 is 2.40 bits per heavy atom. The number of fused-ring (bicyclic) bond motifs is 2. The number of benzene rings is 1. The molecule has 322 valence electrons. The Morgan fingerprint density at radius 1 is 1.03 bits per heavy atom. The van der Waals surface area contributed by atoms with Crippen molar-refractivity contribution < 1.29 is 52.4 Å². The lowest BCUT2D eigenvalue weighted by molar-refractivity contribution is -0.298. The monoisotopic (exact) mass is 814 g/mol. The summed E-state index contributed by atoms with van der Waals surface area (Å²) in [7, 11) is 5.56. The van der Waals surface area contributed by atoms with Gasteiger partial charge in [-0.05, 0) is 86.3 Å². The van der Waals surface area contributed by atoms with E-state index in [4.69, 9.17) is 23.7 Å². The van der Waals surface area contributed by atoms with Crippen molar-refractivity contribution in [3.63, 3.8) is 0 Å². The zero-order valence-corrected chi connectivity index (χ0v) is 35.8. The Hall–Kier alpha value is -3.60. The topological polar surface area (TPSA) is 166 Å². The summed E-state index contributed by atoms with van der Waals surface area (Å²) < 4.78 is 48.6. The second kappa shape index (κ2) is 17.9. The van der Waals surface area contributed by atoms with Gasteiger partial charge in [0.15, 0.2) is 29.1 Å². The smallest absolute Gasteiger partial charge is 0.408 e. The van der Waals surface area contributed by atoms with Crippen molar-refractivity contribution in [1.29, 1.82) is 0 Å². The normalized spacial score (nSPS) is 38.0. The maximum absolute atomic E-state index is 17.5. The number of halogens is 1. The van der Waals surface area contributed by atoms with Crippen LogP contribution in [0.3, 0.4) is 0 Å². The number of ketones is 2. The van der Waals surface area contributed by atoms with Crippen molar-refractivity contribution in [2.45, 2.75) is 141 Å². The van der Waals surface area contributed by atoms with Crippen LogP contribution >= 0.6 is 0 Å². The van der Waals surface area contributed by atoms with Crippen LogP contribution in [0.25, 0.3) is 10.9 Å². The molecule has 5 rings (SSSR count). The van der Waals surface area contributed by atoms with E-state index in [0.29, 0.717) is 19.5 Å². The predicted octanol–water partition coefficient (Wildman–Crippen LogP) is 4.62. The van der Waals surface area contributed by atoms with Crippen LogP contribution in [0.4, 0.5) is 9.18 Å². The maximum Gasteiger partial charge on any atom is 0.408 e. The Balaban J connectivity index is 1.54. The van der Waals surface area contributed by atoms with Crippen LogP contribution in [-0.2, 0) is 44.6 Å². The van der Waals surface area contributed by atoms with Gasteiger partial charge in [0.25, 0.3) is 0 Å². The molecule has 3 saturated heterocycles. The van der Waals surface area contributed by atoms with Crippen LogP contribution in [0.2, 0.25) is 0 Å². The highest BCUT2D eigenvalue weighted by atomic mass is 19.1. The number of Topliss-reactive ketones (excluding diaryl/α,β-unsaturated/α-hetero) is 2. The Kier molecular flexibility index (Phi) is 14.1.